The van der Waals surface area contributed by atoms with Gasteiger partial charge in [0.05, 0.1) is 12.2 Å². The molecule has 0 aliphatic rings. The molecule has 1 aromatic rings. The zero-order chi connectivity index (χ0) is 18.7. The Balaban J connectivity index is 2.51. The average molecular weight is 366 g/mol. The number of rotatable bonds is 11. The Labute approximate surface area is 151 Å². The summed E-state index contributed by atoms with van der Waals surface area (Å²) in [5.41, 5.74) is 0.518. The maximum atomic E-state index is 11.9. The van der Waals surface area contributed by atoms with E-state index in [1.54, 1.807) is 24.3 Å². The lowest BCUT2D eigenvalue weighted by atomic mass is 10.2. The van der Waals surface area contributed by atoms with Crippen molar-refractivity contribution in [1.29, 1.82) is 0 Å². The Hall–Kier alpha value is -1.51. The molecule has 0 aromatic heterocycles. The monoisotopic (exact) mass is 366 g/mol. The molecule has 0 amide bonds. The molecule has 0 spiro atoms. The summed E-state index contributed by atoms with van der Waals surface area (Å²) in [6.45, 7) is 16.2. The number of carbonyl (C=O) groups excluding carboxylic acids is 1. The van der Waals surface area contributed by atoms with Crippen LogP contribution in [0.4, 0.5) is 0 Å². The van der Waals surface area contributed by atoms with Gasteiger partial charge in [-0.1, -0.05) is 18.2 Å². The summed E-state index contributed by atoms with van der Waals surface area (Å²) in [7, 11) is -1.30. The smallest absolute Gasteiger partial charge is 0.338 e. The molecule has 1 unspecified atom stereocenters. The maximum absolute atomic E-state index is 11.9. The molecule has 0 aliphatic carbocycles. The molecule has 7 heteroatoms. The SMILES string of the molecule is [C-]#[N+]CCOP(OCCOC(=O)c1ccccc1)N(C(C)C)C(C)C. The standard InChI is InChI=1S/C18H27N2O4P/c1-15(2)20(16(3)4)25(23-12-11-19-5)24-14-13-22-18(21)17-9-7-6-8-10-17/h6-10,15-16H,11-14H2,1-4H3. The van der Waals surface area contributed by atoms with Crippen LogP contribution >= 0.6 is 8.53 Å². The molecular formula is C18H27N2O4P. The van der Waals surface area contributed by atoms with Crippen LogP contribution in [0.25, 0.3) is 4.85 Å². The van der Waals surface area contributed by atoms with Crippen molar-refractivity contribution >= 4 is 14.5 Å². The highest BCUT2D eigenvalue weighted by molar-refractivity contribution is 7.44. The molecule has 0 heterocycles. The van der Waals surface area contributed by atoms with Crippen molar-refractivity contribution in [2.24, 2.45) is 0 Å². The Kier molecular flexibility index (Phi) is 10.3. The summed E-state index contributed by atoms with van der Waals surface area (Å²) in [4.78, 5) is 15.2. The molecule has 1 aromatic carbocycles. The van der Waals surface area contributed by atoms with Crippen molar-refractivity contribution < 1.29 is 18.6 Å². The number of nitrogens with zero attached hydrogens (tertiary/aromatic N) is 2. The van der Waals surface area contributed by atoms with Crippen molar-refractivity contribution in [3.05, 3.63) is 47.3 Å². The fraction of sp³-hybridized carbons (Fsp3) is 0.556. The van der Waals surface area contributed by atoms with E-state index in [-0.39, 0.29) is 31.3 Å². The van der Waals surface area contributed by atoms with Gasteiger partial charge < -0.3 is 18.6 Å². The van der Waals surface area contributed by atoms with E-state index < -0.39 is 8.53 Å². The number of hydrogen-bond acceptors (Lipinski definition) is 5. The number of hydrogen-bond donors (Lipinski definition) is 0. The Morgan fingerprint density at radius 3 is 2.24 bits per heavy atom. The predicted octanol–water partition coefficient (Wildman–Crippen LogP) is 4.14. The van der Waals surface area contributed by atoms with Crippen LogP contribution in [0.5, 0.6) is 0 Å². The lowest BCUT2D eigenvalue weighted by Gasteiger charge is -2.35. The third-order valence-electron chi connectivity index (χ3n) is 3.18. The van der Waals surface area contributed by atoms with Gasteiger partial charge in [-0.25, -0.2) is 16.0 Å². The molecule has 1 atom stereocenters. The van der Waals surface area contributed by atoms with Crippen LogP contribution in [0.2, 0.25) is 0 Å². The summed E-state index contributed by atoms with van der Waals surface area (Å²) < 4.78 is 19.0. The lowest BCUT2D eigenvalue weighted by Crippen LogP contribution is -2.34. The van der Waals surface area contributed by atoms with Gasteiger partial charge in [-0.2, -0.15) is 0 Å². The van der Waals surface area contributed by atoms with Crippen LogP contribution in [0.15, 0.2) is 30.3 Å². The second-order valence-electron chi connectivity index (χ2n) is 5.86. The summed E-state index contributed by atoms with van der Waals surface area (Å²) in [6.07, 6.45) is 0. The molecule has 6 nitrogen and oxygen atoms in total. The fourth-order valence-corrected chi connectivity index (χ4v) is 3.78. The van der Waals surface area contributed by atoms with Crippen LogP contribution in [-0.2, 0) is 13.8 Å². The summed E-state index contributed by atoms with van der Waals surface area (Å²) in [6, 6.07) is 9.34. The molecule has 0 saturated carbocycles. The highest BCUT2D eigenvalue weighted by Crippen LogP contribution is 2.45. The molecule has 25 heavy (non-hydrogen) atoms. The van der Waals surface area contributed by atoms with Gasteiger partial charge in [0, 0.05) is 12.1 Å². The van der Waals surface area contributed by atoms with Gasteiger partial charge in [0.1, 0.15) is 13.2 Å². The lowest BCUT2D eigenvalue weighted by molar-refractivity contribution is 0.0433. The quantitative estimate of drug-likeness (QED) is 0.255. The van der Waals surface area contributed by atoms with Crippen molar-refractivity contribution in [3.8, 4) is 0 Å². The van der Waals surface area contributed by atoms with Gasteiger partial charge in [0.15, 0.2) is 0 Å². The van der Waals surface area contributed by atoms with E-state index in [2.05, 4.69) is 37.2 Å². The van der Waals surface area contributed by atoms with E-state index in [0.29, 0.717) is 18.7 Å². The maximum Gasteiger partial charge on any atom is 0.338 e. The van der Waals surface area contributed by atoms with Gasteiger partial charge in [0.2, 0.25) is 6.54 Å². The summed E-state index contributed by atoms with van der Waals surface area (Å²) in [5, 5.41) is 0. The van der Waals surface area contributed by atoms with E-state index in [1.807, 2.05) is 6.07 Å². The summed E-state index contributed by atoms with van der Waals surface area (Å²) >= 11 is 0. The third-order valence-corrected chi connectivity index (χ3v) is 5.29. The first-order valence-electron chi connectivity index (χ1n) is 8.37. The first-order chi connectivity index (χ1) is 12.0. The zero-order valence-corrected chi connectivity index (χ0v) is 16.2. The van der Waals surface area contributed by atoms with Gasteiger partial charge in [-0.05, 0) is 39.8 Å². The van der Waals surface area contributed by atoms with E-state index in [4.69, 9.17) is 20.4 Å². The second kappa shape index (κ2) is 11.9. The summed E-state index contributed by atoms with van der Waals surface area (Å²) in [5.74, 6) is -0.368. The van der Waals surface area contributed by atoms with Crippen molar-refractivity contribution in [1.82, 2.24) is 4.67 Å². The molecule has 0 aliphatic heterocycles. The predicted molar refractivity (Wildman–Crippen MR) is 99.1 cm³/mol. The molecule has 0 N–H and O–H groups in total. The molecule has 0 fully saturated rings. The highest BCUT2D eigenvalue weighted by Gasteiger charge is 2.27. The number of esters is 1. The first kappa shape index (κ1) is 21.5. The van der Waals surface area contributed by atoms with Gasteiger partial charge in [0.25, 0.3) is 8.53 Å². The van der Waals surface area contributed by atoms with Gasteiger partial charge in [-0.3, -0.25) is 0 Å². The van der Waals surface area contributed by atoms with E-state index in [9.17, 15) is 4.79 Å². The highest BCUT2D eigenvalue weighted by atomic mass is 31.2. The van der Waals surface area contributed by atoms with Gasteiger partial charge >= 0.3 is 5.97 Å². The first-order valence-corrected chi connectivity index (χ1v) is 9.50. The Morgan fingerprint density at radius 2 is 1.68 bits per heavy atom. The number of benzene rings is 1. The molecule has 0 radical (unpaired) electrons. The zero-order valence-electron chi connectivity index (χ0n) is 15.3. The van der Waals surface area contributed by atoms with Crippen molar-refractivity contribution in [3.63, 3.8) is 0 Å². The minimum Gasteiger partial charge on any atom is -0.460 e. The van der Waals surface area contributed by atoms with E-state index in [1.165, 1.54) is 0 Å². The van der Waals surface area contributed by atoms with Crippen LogP contribution in [-0.4, -0.2) is 49.1 Å². The fourth-order valence-electron chi connectivity index (χ4n) is 2.22. The van der Waals surface area contributed by atoms with Crippen LogP contribution in [0, 0.1) is 6.57 Å². The van der Waals surface area contributed by atoms with Crippen LogP contribution < -0.4 is 0 Å². The molecule has 138 valence electrons. The minimum atomic E-state index is -1.30. The van der Waals surface area contributed by atoms with Crippen LogP contribution in [0.1, 0.15) is 38.1 Å². The van der Waals surface area contributed by atoms with Gasteiger partial charge in [-0.15, -0.1) is 0 Å². The number of ether oxygens (including phenoxy) is 1. The average Bonchev–Trinajstić information content (AvgIpc) is 2.58. The second-order valence-corrected chi connectivity index (χ2v) is 7.31. The van der Waals surface area contributed by atoms with E-state index in [0.717, 1.165) is 0 Å². The third kappa shape index (κ3) is 7.94. The van der Waals surface area contributed by atoms with Crippen molar-refractivity contribution in [2.45, 2.75) is 39.8 Å². The molecule has 0 saturated heterocycles. The Morgan fingerprint density at radius 1 is 1.08 bits per heavy atom. The molecule has 1 rings (SSSR count). The van der Waals surface area contributed by atoms with Crippen LogP contribution in [0.3, 0.4) is 0 Å². The van der Waals surface area contributed by atoms with E-state index >= 15 is 0 Å². The molecule has 0 bridgehead atoms. The largest absolute Gasteiger partial charge is 0.460 e. The number of carbonyl (C=O) groups is 1. The van der Waals surface area contributed by atoms with Crippen molar-refractivity contribution in [2.75, 3.05) is 26.4 Å². The molecular weight excluding hydrogens is 339 g/mol. The normalized spacial score (nSPS) is 12.4. The Bertz CT molecular complexity index is 538. The minimum absolute atomic E-state index is 0.156. The topological polar surface area (TPSA) is 52.4 Å².